The largest absolute Gasteiger partial charge is 0.351 e. The summed E-state index contributed by atoms with van der Waals surface area (Å²) in [6, 6.07) is 17.3. The van der Waals surface area contributed by atoms with E-state index in [0.717, 1.165) is 21.8 Å². The van der Waals surface area contributed by atoms with Crippen LogP contribution in [0.1, 0.15) is 49.7 Å². The van der Waals surface area contributed by atoms with Gasteiger partial charge in [0.05, 0.1) is 30.0 Å². The summed E-state index contributed by atoms with van der Waals surface area (Å²) in [6.45, 7) is 9.39. The number of hydrogen-bond donors (Lipinski definition) is 1. The van der Waals surface area contributed by atoms with Crippen LogP contribution in [0.2, 0.25) is 0 Å². The van der Waals surface area contributed by atoms with Gasteiger partial charge in [0.15, 0.2) is 0 Å². The number of hydrogen-bond acceptors (Lipinski definition) is 5. The van der Waals surface area contributed by atoms with Gasteiger partial charge in [0, 0.05) is 44.0 Å². The molecule has 5 rings (SSSR count). The molecule has 9 nitrogen and oxygen atoms in total. The second-order valence-corrected chi connectivity index (χ2v) is 13.1. The summed E-state index contributed by atoms with van der Waals surface area (Å²) in [7, 11) is 0. The van der Waals surface area contributed by atoms with Crippen LogP contribution in [0.4, 0.5) is 4.79 Å². The molecular formula is C32H40N6O3S. The van der Waals surface area contributed by atoms with Gasteiger partial charge >= 0.3 is 6.03 Å². The molecule has 1 saturated heterocycles. The van der Waals surface area contributed by atoms with E-state index in [4.69, 9.17) is 10.7 Å². The normalized spacial score (nSPS) is 17.5. The lowest BCUT2D eigenvalue weighted by Crippen LogP contribution is -2.55. The standard InChI is InChI=1S/C32H40N6O3S/c1-32(2,3)24-12-10-23(11-13-24)19-37-22-34-26-18-27(30(40)35-14-7-15-36(17-16-35)31(33)41)38(20-28(26)37)29(39)21-42-25-8-5-4-6-9-25/h4-6,8-13,22,27H,7,14-21H2,1-3H3,(H2,33,41). The van der Waals surface area contributed by atoms with Crippen LogP contribution in [0.3, 0.4) is 0 Å². The van der Waals surface area contributed by atoms with Crippen molar-refractivity contribution < 1.29 is 14.4 Å². The lowest BCUT2D eigenvalue weighted by molar-refractivity contribution is -0.145. The Morgan fingerprint density at radius 2 is 1.64 bits per heavy atom. The molecule has 0 saturated carbocycles. The zero-order valence-corrected chi connectivity index (χ0v) is 25.5. The molecule has 10 heteroatoms. The lowest BCUT2D eigenvalue weighted by atomic mass is 9.87. The van der Waals surface area contributed by atoms with Crippen molar-refractivity contribution in [2.24, 2.45) is 5.73 Å². The molecule has 3 heterocycles. The maximum atomic E-state index is 13.9. The predicted molar refractivity (Wildman–Crippen MR) is 164 cm³/mol. The number of rotatable bonds is 6. The fourth-order valence-electron chi connectivity index (χ4n) is 5.61. The van der Waals surface area contributed by atoms with E-state index < -0.39 is 12.1 Å². The second-order valence-electron chi connectivity index (χ2n) is 12.1. The Kier molecular flexibility index (Phi) is 8.91. The van der Waals surface area contributed by atoms with Crippen LogP contribution in [0.15, 0.2) is 65.8 Å². The number of aromatic nitrogens is 2. The van der Waals surface area contributed by atoms with E-state index in [1.807, 2.05) is 36.7 Å². The number of nitrogens with two attached hydrogens (primary N) is 1. The monoisotopic (exact) mass is 588 g/mol. The van der Waals surface area contributed by atoms with Gasteiger partial charge in [-0.25, -0.2) is 9.78 Å². The fourth-order valence-corrected chi connectivity index (χ4v) is 6.41. The maximum absolute atomic E-state index is 13.9. The minimum Gasteiger partial charge on any atom is -0.351 e. The molecule has 0 aliphatic carbocycles. The molecule has 42 heavy (non-hydrogen) atoms. The molecule has 4 amide bonds. The summed E-state index contributed by atoms with van der Waals surface area (Å²) in [5.41, 5.74) is 9.83. The molecule has 1 unspecified atom stereocenters. The summed E-state index contributed by atoms with van der Waals surface area (Å²) >= 11 is 1.48. The number of benzene rings is 2. The number of fused-ring (bicyclic) bond motifs is 1. The van der Waals surface area contributed by atoms with Gasteiger partial charge in [-0.15, -0.1) is 11.8 Å². The molecule has 1 aromatic heterocycles. The Labute approximate surface area is 252 Å². The van der Waals surface area contributed by atoms with Gasteiger partial charge in [-0.05, 0) is 35.1 Å². The highest BCUT2D eigenvalue weighted by Gasteiger charge is 2.39. The molecule has 3 aromatic rings. The van der Waals surface area contributed by atoms with Crippen molar-refractivity contribution in [3.63, 3.8) is 0 Å². The van der Waals surface area contributed by atoms with Gasteiger partial charge in [0.2, 0.25) is 11.8 Å². The number of nitrogens with zero attached hydrogens (tertiary/aromatic N) is 5. The van der Waals surface area contributed by atoms with Gasteiger partial charge in [0.25, 0.3) is 0 Å². The summed E-state index contributed by atoms with van der Waals surface area (Å²) < 4.78 is 2.10. The average Bonchev–Trinajstić information content (AvgIpc) is 3.19. The summed E-state index contributed by atoms with van der Waals surface area (Å²) in [5.74, 6) is 0.0575. The van der Waals surface area contributed by atoms with Crippen LogP contribution in [0.25, 0.3) is 0 Å². The molecule has 0 bridgehead atoms. The molecule has 1 fully saturated rings. The van der Waals surface area contributed by atoms with E-state index in [0.29, 0.717) is 52.1 Å². The number of imidazole rings is 1. The Bertz CT molecular complexity index is 1420. The smallest absolute Gasteiger partial charge is 0.314 e. The zero-order valence-electron chi connectivity index (χ0n) is 24.7. The number of carbonyl (C=O) groups is 3. The van der Waals surface area contributed by atoms with Gasteiger partial charge in [-0.3, -0.25) is 9.59 Å². The van der Waals surface area contributed by atoms with Crippen LogP contribution < -0.4 is 5.73 Å². The highest BCUT2D eigenvalue weighted by atomic mass is 32.2. The number of amides is 4. The van der Waals surface area contributed by atoms with Crippen LogP contribution in [0, 0.1) is 0 Å². The molecule has 2 N–H and O–H groups in total. The van der Waals surface area contributed by atoms with Crippen molar-refractivity contribution in [2.75, 3.05) is 31.9 Å². The summed E-state index contributed by atoms with van der Waals surface area (Å²) in [5, 5.41) is 0. The highest BCUT2D eigenvalue weighted by Crippen LogP contribution is 2.28. The van der Waals surface area contributed by atoms with Gasteiger partial charge < -0.3 is 25.0 Å². The van der Waals surface area contributed by atoms with E-state index in [1.165, 1.54) is 17.3 Å². The summed E-state index contributed by atoms with van der Waals surface area (Å²) in [6.07, 6.45) is 2.84. The number of carbonyl (C=O) groups excluding carboxylic acids is 3. The SMILES string of the molecule is CC(C)(C)c1ccc(Cn2cnc3c2CN(C(=O)CSc2ccccc2)C(C(=O)N2CCCN(C(N)=O)CC2)C3)cc1. The first kappa shape index (κ1) is 29.7. The summed E-state index contributed by atoms with van der Waals surface area (Å²) in [4.78, 5) is 50.2. The Morgan fingerprint density at radius 1 is 0.952 bits per heavy atom. The quantitative estimate of drug-likeness (QED) is 0.440. The first-order chi connectivity index (χ1) is 20.1. The Hall–Kier alpha value is -3.79. The van der Waals surface area contributed by atoms with Crippen molar-refractivity contribution in [3.05, 3.63) is 83.4 Å². The number of primary amides is 1. The van der Waals surface area contributed by atoms with Crippen molar-refractivity contribution in [3.8, 4) is 0 Å². The van der Waals surface area contributed by atoms with Crippen molar-refractivity contribution >= 4 is 29.6 Å². The minimum absolute atomic E-state index is 0.0799. The van der Waals surface area contributed by atoms with Crippen molar-refractivity contribution in [1.82, 2.24) is 24.3 Å². The topological polar surface area (TPSA) is 105 Å². The van der Waals surface area contributed by atoms with E-state index in [1.54, 1.807) is 14.7 Å². The van der Waals surface area contributed by atoms with Crippen LogP contribution in [-0.4, -0.2) is 80.1 Å². The molecule has 2 aliphatic rings. The molecule has 2 aromatic carbocycles. The van der Waals surface area contributed by atoms with E-state index in [9.17, 15) is 14.4 Å². The third-order valence-electron chi connectivity index (χ3n) is 8.12. The van der Waals surface area contributed by atoms with Gasteiger partial charge in [0.1, 0.15) is 6.04 Å². The third kappa shape index (κ3) is 6.81. The minimum atomic E-state index is -0.643. The molecule has 0 radical (unpaired) electrons. The Morgan fingerprint density at radius 3 is 2.33 bits per heavy atom. The average molecular weight is 589 g/mol. The Balaban J connectivity index is 1.37. The van der Waals surface area contributed by atoms with Gasteiger partial charge in [-0.2, -0.15) is 0 Å². The molecule has 1 atom stereocenters. The maximum Gasteiger partial charge on any atom is 0.314 e. The number of urea groups is 1. The van der Waals surface area contributed by atoms with Crippen LogP contribution in [-0.2, 0) is 34.5 Å². The van der Waals surface area contributed by atoms with Crippen LogP contribution >= 0.6 is 11.8 Å². The van der Waals surface area contributed by atoms with E-state index in [-0.39, 0.29) is 23.0 Å². The second kappa shape index (κ2) is 12.6. The van der Waals surface area contributed by atoms with Crippen LogP contribution in [0.5, 0.6) is 0 Å². The van der Waals surface area contributed by atoms with E-state index >= 15 is 0 Å². The zero-order chi connectivity index (χ0) is 29.9. The van der Waals surface area contributed by atoms with E-state index in [2.05, 4.69) is 49.6 Å². The number of thioether (sulfide) groups is 1. The molecule has 2 aliphatic heterocycles. The van der Waals surface area contributed by atoms with Crippen molar-refractivity contribution in [1.29, 1.82) is 0 Å². The highest BCUT2D eigenvalue weighted by molar-refractivity contribution is 8.00. The first-order valence-electron chi connectivity index (χ1n) is 14.5. The molecular weight excluding hydrogens is 548 g/mol. The fraction of sp³-hybridized carbons (Fsp3) is 0.438. The van der Waals surface area contributed by atoms with Gasteiger partial charge in [-0.1, -0.05) is 63.2 Å². The molecule has 222 valence electrons. The first-order valence-corrected chi connectivity index (χ1v) is 15.5. The third-order valence-corrected chi connectivity index (χ3v) is 9.12. The molecule has 0 spiro atoms. The predicted octanol–water partition coefficient (Wildman–Crippen LogP) is 3.89. The lowest BCUT2D eigenvalue weighted by Gasteiger charge is -2.37. The van der Waals surface area contributed by atoms with Crippen molar-refractivity contribution in [2.45, 2.75) is 63.1 Å².